The summed E-state index contributed by atoms with van der Waals surface area (Å²) in [5.74, 6) is 5.46. The minimum absolute atomic E-state index is 0.193. The van der Waals surface area contributed by atoms with Crippen molar-refractivity contribution in [2.45, 2.75) is 13.5 Å². The van der Waals surface area contributed by atoms with Crippen molar-refractivity contribution in [1.82, 2.24) is 10.6 Å². The maximum absolute atomic E-state index is 11.2. The Bertz CT molecular complexity index is 362. The zero-order valence-electron chi connectivity index (χ0n) is 8.71. The number of carbonyl (C=O) groups is 1. The van der Waals surface area contributed by atoms with Gasteiger partial charge in [-0.3, -0.25) is 0 Å². The predicted molar refractivity (Wildman–Crippen MR) is 60.1 cm³/mol. The molecule has 0 aliphatic carbocycles. The van der Waals surface area contributed by atoms with Gasteiger partial charge in [0, 0.05) is 6.54 Å². The summed E-state index contributed by atoms with van der Waals surface area (Å²) in [5.41, 5.74) is 1.08. The number of benzene rings is 1. The van der Waals surface area contributed by atoms with Crippen molar-refractivity contribution in [2.24, 2.45) is 0 Å². The summed E-state index contributed by atoms with van der Waals surface area (Å²) >= 11 is 0. The van der Waals surface area contributed by atoms with Crippen LogP contribution >= 0.6 is 0 Å². The first-order valence-corrected chi connectivity index (χ1v) is 4.78. The van der Waals surface area contributed by atoms with Crippen LogP contribution < -0.4 is 10.6 Å². The smallest absolute Gasteiger partial charge is 0.315 e. The summed E-state index contributed by atoms with van der Waals surface area (Å²) in [7, 11) is 0. The number of rotatable bonds is 3. The van der Waals surface area contributed by atoms with Crippen LogP contribution in [-0.4, -0.2) is 12.6 Å². The molecule has 0 aromatic heterocycles. The van der Waals surface area contributed by atoms with Gasteiger partial charge in [-0.05, 0) is 12.5 Å². The lowest BCUT2D eigenvalue weighted by molar-refractivity contribution is 0.241. The summed E-state index contributed by atoms with van der Waals surface area (Å²) in [6, 6.07) is 9.56. The summed E-state index contributed by atoms with van der Waals surface area (Å²) in [5, 5.41) is 5.37. The van der Waals surface area contributed by atoms with E-state index >= 15 is 0 Å². The molecule has 0 fully saturated rings. The van der Waals surface area contributed by atoms with Crippen LogP contribution in [0.2, 0.25) is 0 Å². The molecule has 0 saturated heterocycles. The molecule has 15 heavy (non-hydrogen) atoms. The fourth-order valence-electron chi connectivity index (χ4n) is 1.05. The molecule has 78 valence electrons. The lowest BCUT2D eigenvalue weighted by atomic mass is 10.2. The third-order valence-corrected chi connectivity index (χ3v) is 1.81. The fourth-order valence-corrected chi connectivity index (χ4v) is 1.05. The van der Waals surface area contributed by atoms with Crippen LogP contribution in [0.25, 0.3) is 0 Å². The fraction of sp³-hybridized carbons (Fsp3) is 0.250. The highest BCUT2D eigenvalue weighted by Gasteiger charge is 1.97. The van der Waals surface area contributed by atoms with Crippen molar-refractivity contribution < 1.29 is 4.79 Å². The monoisotopic (exact) mass is 202 g/mol. The zero-order valence-corrected chi connectivity index (χ0v) is 8.71. The van der Waals surface area contributed by atoms with E-state index in [1.54, 1.807) is 6.92 Å². The van der Waals surface area contributed by atoms with E-state index in [-0.39, 0.29) is 6.03 Å². The number of amides is 2. The molecule has 2 amide bonds. The van der Waals surface area contributed by atoms with Crippen LogP contribution in [0.5, 0.6) is 0 Å². The molecule has 3 heteroatoms. The molecule has 0 heterocycles. The van der Waals surface area contributed by atoms with Gasteiger partial charge in [-0.2, -0.15) is 0 Å². The van der Waals surface area contributed by atoms with Crippen molar-refractivity contribution in [2.75, 3.05) is 6.54 Å². The Balaban J connectivity index is 2.24. The van der Waals surface area contributed by atoms with Crippen LogP contribution in [0, 0.1) is 11.8 Å². The lowest BCUT2D eigenvalue weighted by Crippen LogP contribution is -2.35. The van der Waals surface area contributed by atoms with E-state index in [4.69, 9.17) is 0 Å². The van der Waals surface area contributed by atoms with Crippen molar-refractivity contribution in [3.8, 4) is 11.8 Å². The second-order valence-corrected chi connectivity index (χ2v) is 2.95. The molecule has 3 nitrogen and oxygen atoms in total. The lowest BCUT2D eigenvalue weighted by Gasteiger charge is -2.04. The van der Waals surface area contributed by atoms with Crippen molar-refractivity contribution >= 4 is 6.03 Å². The number of nitrogens with one attached hydrogen (secondary N) is 2. The van der Waals surface area contributed by atoms with Crippen LogP contribution in [-0.2, 0) is 6.54 Å². The molecule has 0 unspecified atom stereocenters. The van der Waals surface area contributed by atoms with Gasteiger partial charge in [0.05, 0.1) is 6.54 Å². The topological polar surface area (TPSA) is 41.1 Å². The van der Waals surface area contributed by atoms with Gasteiger partial charge in [-0.25, -0.2) is 4.79 Å². The van der Waals surface area contributed by atoms with E-state index in [0.29, 0.717) is 13.1 Å². The summed E-state index contributed by atoms with van der Waals surface area (Å²) in [6.07, 6.45) is 0. The average molecular weight is 202 g/mol. The number of hydrogen-bond acceptors (Lipinski definition) is 1. The van der Waals surface area contributed by atoms with Crippen LogP contribution in [0.1, 0.15) is 12.5 Å². The summed E-state index contributed by atoms with van der Waals surface area (Å²) < 4.78 is 0. The molecule has 0 aliphatic heterocycles. The highest BCUT2D eigenvalue weighted by molar-refractivity contribution is 5.74. The molecule has 1 rings (SSSR count). The standard InChI is InChI=1S/C12H14N2O/c1-2-3-9-13-12(15)14-10-11-7-5-4-6-8-11/h4-8H,9-10H2,1H3,(H2,13,14,15). The molecule has 1 aromatic rings. The van der Waals surface area contributed by atoms with E-state index in [9.17, 15) is 4.79 Å². The Labute approximate surface area is 89.9 Å². The minimum atomic E-state index is -0.193. The van der Waals surface area contributed by atoms with Gasteiger partial charge in [0.1, 0.15) is 0 Å². The van der Waals surface area contributed by atoms with Crippen LogP contribution in [0.15, 0.2) is 30.3 Å². The van der Waals surface area contributed by atoms with Gasteiger partial charge in [-0.1, -0.05) is 36.3 Å². The SMILES string of the molecule is CC#CCNC(=O)NCc1ccccc1. The molecule has 1 aromatic carbocycles. The maximum atomic E-state index is 11.2. The molecule has 2 N–H and O–H groups in total. The zero-order chi connectivity index (χ0) is 10.9. The van der Waals surface area contributed by atoms with Gasteiger partial charge >= 0.3 is 6.03 Å². The Morgan fingerprint density at radius 2 is 2.00 bits per heavy atom. The molecular weight excluding hydrogens is 188 g/mol. The van der Waals surface area contributed by atoms with E-state index < -0.39 is 0 Å². The van der Waals surface area contributed by atoms with Crippen molar-refractivity contribution in [3.05, 3.63) is 35.9 Å². The first-order chi connectivity index (χ1) is 7.33. The first kappa shape index (κ1) is 11.1. The maximum Gasteiger partial charge on any atom is 0.315 e. The normalized spacial score (nSPS) is 8.60. The quantitative estimate of drug-likeness (QED) is 0.717. The van der Waals surface area contributed by atoms with E-state index in [1.807, 2.05) is 30.3 Å². The van der Waals surface area contributed by atoms with Gasteiger partial charge in [0.15, 0.2) is 0 Å². The predicted octanol–water partition coefficient (Wildman–Crippen LogP) is 1.51. The Morgan fingerprint density at radius 1 is 1.27 bits per heavy atom. The second kappa shape index (κ2) is 6.50. The number of carbonyl (C=O) groups excluding carboxylic acids is 1. The van der Waals surface area contributed by atoms with E-state index in [2.05, 4.69) is 22.5 Å². The third kappa shape index (κ3) is 4.72. The van der Waals surface area contributed by atoms with Gasteiger partial charge in [0.2, 0.25) is 0 Å². The Morgan fingerprint density at radius 3 is 2.67 bits per heavy atom. The van der Waals surface area contributed by atoms with E-state index in [0.717, 1.165) is 5.56 Å². The highest BCUT2D eigenvalue weighted by Crippen LogP contribution is 1.96. The number of hydrogen-bond donors (Lipinski definition) is 2. The Kier molecular flexibility index (Phi) is 4.82. The second-order valence-electron chi connectivity index (χ2n) is 2.95. The van der Waals surface area contributed by atoms with Crippen LogP contribution in [0.3, 0.4) is 0 Å². The van der Waals surface area contributed by atoms with Crippen LogP contribution in [0.4, 0.5) is 4.79 Å². The molecule has 0 radical (unpaired) electrons. The first-order valence-electron chi connectivity index (χ1n) is 4.78. The molecule has 0 saturated carbocycles. The summed E-state index contributed by atoms with van der Waals surface area (Å²) in [4.78, 5) is 11.2. The largest absolute Gasteiger partial charge is 0.334 e. The van der Waals surface area contributed by atoms with Crippen molar-refractivity contribution in [3.63, 3.8) is 0 Å². The van der Waals surface area contributed by atoms with Gasteiger partial charge in [-0.15, -0.1) is 5.92 Å². The minimum Gasteiger partial charge on any atom is -0.334 e. The van der Waals surface area contributed by atoms with E-state index in [1.165, 1.54) is 0 Å². The van der Waals surface area contributed by atoms with Gasteiger partial charge < -0.3 is 10.6 Å². The summed E-state index contributed by atoms with van der Waals surface area (Å²) in [6.45, 7) is 2.66. The Hall–Kier alpha value is -1.95. The molecule has 0 aliphatic rings. The molecular formula is C12H14N2O. The highest BCUT2D eigenvalue weighted by atomic mass is 16.2. The molecule has 0 bridgehead atoms. The average Bonchev–Trinajstić information content (AvgIpc) is 2.28. The third-order valence-electron chi connectivity index (χ3n) is 1.81. The van der Waals surface area contributed by atoms with Crippen molar-refractivity contribution in [1.29, 1.82) is 0 Å². The van der Waals surface area contributed by atoms with Gasteiger partial charge in [0.25, 0.3) is 0 Å². The molecule has 0 spiro atoms. The number of urea groups is 1. The molecule has 0 atom stereocenters.